The van der Waals surface area contributed by atoms with Crippen LogP contribution in [0.4, 0.5) is 0 Å². The Morgan fingerprint density at radius 1 is 1.15 bits per heavy atom. The van der Waals surface area contributed by atoms with Crippen molar-refractivity contribution in [1.82, 2.24) is 4.98 Å². The van der Waals surface area contributed by atoms with Crippen LogP contribution < -0.4 is 4.74 Å². The molecule has 0 aliphatic rings. The molecule has 0 atom stereocenters. The molecule has 3 nitrogen and oxygen atoms in total. The fourth-order valence-electron chi connectivity index (χ4n) is 2.16. The Kier molecular flexibility index (Phi) is 3.56. The first-order valence-corrected chi connectivity index (χ1v) is 7.00. The molecule has 0 aliphatic carbocycles. The predicted molar refractivity (Wildman–Crippen MR) is 82.2 cm³/mol. The van der Waals surface area contributed by atoms with Crippen LogP contribution in [0.15, 0.2) is 53.1 Å². The number of nitrogens with one attached hydrogen (secondary N) is 1. The molecule has 3 rings (SSSR count). The Balaban J connectivity index is 1.99. The minimum Gasteiger partial charge on any atom is -0.487 e. The number of aromatic amines is 1. The number of carbonyl (C=O) groups excluding carboxylic acids is 1. The monoisotopic (exact) mass is 329 g/mol. The highest BCUT2D eigenvalue weighted by Crippen LogP contribution is 2.35. The lowest BCUT2D eigenvalue weighted by molar-refractivity contribution is 0.112. The van der Waals surface area contributed by atoms with Gasteiger partial charge in [-0.2, -0.15) is 0 Å². The van der Waals surface area contributed by atoms with Crippen LogP contribution in [-0.2, 0) is 6.61 Å². The third kappa shape index (κ3) is 2.34. The Morgan fingerprint density at radius 3 is 2.70 bits per heavy atom. The molecule has 0 bridgehead atoms. The van der Waals surface area contributed by atoms with E-state index in [9.17, 15) is 4.79 Å². The maximum absolute atomic E-state index is 11.1. The number of benzene rings is 2. The first-order chi connectivity index (χ1) is 9.79. The van der Waals surface area contributed by atoms with Crippen molar-refractivity contribution < 1.29 is 9.53 Å². The molecular weight excluding hydrogens is 318 g/mol. The van der Waals surface area contributed by atoms with Gasteiger partial charge in [0, 0.05) is 17.3 Å². The summed E-state index contributed by atoms with van der Waals surface area (Å²) in [5, 5.41) is 0.810. The lowest BCUT2D eigenvalue weighted by atomic mass is 10.1. The molecule has 0 radical (unpaired) electrons. The van der Waals surface area contributed by atoms with E-state index in [4.69, 9.17) is 4.74 Å². The van der Waals surface area contributed by atoms with Gasteiger partial charge in [0.15, 0.2) is 6.29 Å². The van der Waals surface area contributed by atoms with Gasteiger partial charge in [-0.3, -0.25) is 4.79 Å². The van der Waals surface area contributed by atoms with Crippen molar-refractivity contribution in [3.8, 4) is 5.75 Å². The molecule has 4 heteroatoms. The summed E-state index contributed by atoms with van der Waals surface area (Å²) in [5.41, 5.74) is 2.57. The maximum atomic E-state index is 11.1. The Morgan fingerprint density at radius 2 is 1.95 bits per heavy atom. The van der Waals surface area contributed by atoms with E-state index in [1.165, 1.54) is 0 Å². The van der Waals surface area contributed by atoms with E-state index in [-0.39, 0.29) is 0 Å². The van der Waals surface area contributed by atoms with Crippen molar-refractivity contribution in [1.29, 1.82) is 0 Å². The van der Waals surface area contributed by atoms with Gasteiger partial charge in [0.25, 0.3) is 0 Å². The molecule has 100 valence electrons. The number of halogens is 1. The third-order valence-corrected chi connectivity index (χ3v) is 3.76. The van der Waals surface area contributed by atoms with E-state index in [1.54, 1.807) is 6.20 Å². The van der Waals surface area contributed by atoms with Gasteiger partial charge < -0.3 is 9.72 Å². The van der Waals surface area contributed by atoms with Gasteiger partial charge in [0.2, 0.25) is 0 Å². The molecule has 0 unspecified atom stereocenters. The summed E-state index contributed by atoms with van der Waals surface area (Å²) in [6, 6.07) is 13.8. The van der Waals surface area contributed by atoms with Gasteiger partial charge in [0.1, 0.15) is 12.4 Å². The van der Waals surface area contributed by atoms with Crippen LogP contribution in [0.5, 0.6) is 5.75 Å². The largest absolute Gasteiger partial charge is 0.487 e. The van der Waals surface area contributed by atoms with Crippen molar-refractivity contribution >= 4 is 33.1 Å². The Labute approximate surface area is 124 Å². The smallest absolute Gasteiger partial charge is 0.152 e. The van der Waals surface area contributed by atoms with E-state index >= 15 is 0 Å². The molecule has 1 aromatic heterocycles. The Hall–Kier alpha value is -2.07. The summed E-state index contributed by atoms with van der Waals surface area (Å²) < 4.78 is 6.75. The topological polar surface area (TPSA) is 42.1 Å². The second kappa shape index (κ2) is 5.51. The summed E-state index contributed by atoms with van der Waals surface area (Å²) in [6.45, 7) is 0.460. The SMILES string of the molecule is O=Cc1c[nH]c2ccc(Br)c(OCc3ccccc3)c12. The van der Waals surface area contributed by atoms with Crippen LogP contribution in [0.2, 0.25) is 0 Å². The fraction of sp³-hybridized carbons (Fsp3) is 0.0625. The zero-order valence-corrected chi connectivity index (χ0v) is 12.2. The van der Waals surface area contributed by atoms with Crippen molar-refractivity contribution in [3.05, 3.63) is 64.3 Å². The van der Waals surface area contributed by atoms with Crippen LogP contribution in [0, 0.1) is 0 Å². The highest BCUT2D eigenvalue weighted by molar-refractivity contribution is 9.10. The number of hydrogen-bond acceptors (Lipinski definition) is 2. The number of hydrogen-bond donors (Lipinski definition) is 1. The molecular formula is C16H12BrNO2. The molecule has 2 aromatic carbocycles. The van der Waals surface area contributed by atoms with Gasteiger partial charge in [-0.25, -0.2) is 0 Å². The maximum Gasteiger partial charge on any atom is 0.152 e. The van der Waals surface area contributed by atoms with E-state index in [0.717, 1.165) is 27.2 Å². The molecule has 20 heavy (non-hydrogen) atoms. The van der Waals surface area contributed by atoms with Crippen LogP contribution in [0.25, 0.3) is 10.9 Å². The van der Waals surface area contributed by atoms with Crippen LogP contribution in [0.3, 0.4) is 0 Å². The average molecular weight is 330 g/mol. The van der Waals surface area contributed by atoms with Crippen molar-refractivity contribution in [3.63, 3.8) is 0 Å². The standard InChI is InChI=1S/C16H12BrNO2/c17-13-6-7-14-15(12(9-19)8-18-14)16(13)20-10-11-4-2-1-3-5-11/h1-9,18H,10H2. The van der Waals surface area contributed by atoms with E-state index in [1.807, 2.05) is 42.5 Å². The molecule has 0 fully saturated rings. The normalized spacial score (nSPS) is 10.7. The van der Waals surface area contributed by atoms with Crippen molar-refractivity contribution in [2.24, 2.45) is 0 Å². The number of H-pyrrole nitrogens is 1. The number of fused-ring (bicyclic) bond motifs is 1. The number of carbonyl (C=O) groups is 1. The second-order valence-electron chi connectivity index (χ2n) is 4.44. The minimum atomic E-state index is 0.460. The average Bonchev–Trinajstić information content (AvgIpc) is 2.90. The van der Waals surface area contributed by atoms with Gasteiger partial charge in [-0.1, -0.05) is 30.3 Å². The number of rotatable bonds is 4. The van der Waals surface area contributed by atoms with Crippen molar-refractivity contribution in [2.45, 2.75) is 6.61 Å². The molecule has 1 heterocycles. The Bertz CT molecular complexity index is 750. The summed E-state index contributed by atoms with van der Waals surface area (Å²) in [6.07, 6.45) is 2.53. The third-order valence-electron chi connectivity index (χ3n) is 3.13. The van der Waals surface area contributed by atoms with E-state index < -0.39 is 0 Å². The first-order valence-electron chi connectivity index (χ1n) is 6.21. The van der Waals surface area contributed by atoms with Crippen LogP contribution >= 0.6 is 15.9 Å². The number of ether oxygens (including phenoxy) is 1. The zero-order chi connectivity index (χ0) is 13.9. The lowest BCUT2D eigenvalue weighted by Gasteiger charge is -2.10. The predicted octanol–water partition coefficient (Wildman–Crippen LogP) is 4.32. The molecule has 0 amide bonds. The van der Waals surface area contributed by atoms with Gasteiger partial charge in [0.05, 0.1) is 9.86 Å². The highest BCUT2D eigenvalue weighted by atomic mass is 79.9. The molecule has 0 aliphatic heterocycles. The number of aldehydes is 1. The molecule has 0 saturated carbocycles. The molecule has 1 N–H and O–H groups in total. The van der Waals surface area contributed by atoms with Gasteiger partial charge >= 0.3 is 0 Å². The van der Waals surface area contributed by atoms with Crippen LogP contribution in [-0.4, -0.2) is 11.3 Å². The minimum absolute atomic E-state index is 0.460. The lowest BCUT2D eigenvalue weighted by Crippen LogP contribution is -1.97. The first kappa shape index (κ1) is 12.9. The number of aromatic nitrogens is 1. The second-order valence-corrected chi connectivity index (χ2v) is 5.29. The fourth-order valence-corrected chi connectivity index (χ4v) is 2.60. The van der Waals surface area contributed by atoms with Crippen LogP contribution in [0.1, 0.15) is 15.9 Å². The van der Waals surface area contributed by atoms with E-state index in [2.05, 4.69) is 20.9 Å². The molecule has 3 aromatic rings. The quantitative estimate of drug-likeness (QED) is 0.724. The summed E-state index contributed by atoms with van der Waals surface area (Å²) in [7, 11) is 0. The van der Waals surface area contributed by atoms with Crippen molar-refractivity contribution in [2.75, 3.05) is 0 Å². The molecule has 0 spiro atoms. The van der Waals surface area contributed by atoms with Gasteiger partial charge in [-0.05, 0) is 33.6 Å². The van der Waals surface area contributed by atoms with Gasteiger partial charge in [-0.15, -0.1) is 0 Å². The highest BCUT2D eigenvalue weighted by Gasteiger charge is 2.13. The summed E-state index contributed by atoms with van der Waals surface area (Å²) in [5.74, 6) is 0.690. The summed E-state index contributed by atoms with van der Waals surface area (Å²) in [4.78, 5) is 14.2. The molecule has 0 saturated heterocycles. The van der Waals surface area contributed by atoms with E-state index in [0.29, 0.717) is 17.9 Å². The zero-order valence-electron chi connectivity index (χ0n) is 10.6. The summed E-state index contributed by atoms with van der Waals surface area (Å²) >= 11 is 3.48.